The Kier molecular flexibility index (Phi) is 5.94. The Morgan fingerprint density at radius 3 is 2.72 bits per heavy atom. The molecule has 1 rings (SSSR count). The summed E-state index contributed by atoms with van der Waals surface area (Å²) in [7, 11) is 1.62. The van der Waals surface area contributed by atoms with Crippen molar-refractivity contribution in [2.24, 2.45) is 0 Å². The maximum Gasteiger partial charge on any atom is 0.573 e. The summed E-state index contributed by atoms with van der Waals surface area (Å²) in [4.78, 5) is 0. The molecule has 0 aliphatic heterocycles. The predicted molar refractivity (Wildman–Crippen MR) is 61.3 cm³/mol. The van der Waals surface area contributed by atoms with Gasteiger partial charge in [0.25, 0.3) is 0 Å². The van der Waals surface area contributed by atoms with Crippen LogP contribution in [0.2, 0.25) is 0 Å². The van der Waals surface area contributed by atoms with Crippen molar-refractivity contribution in [1.29, 1.82) is 0 Å². The molecule has 102 valence electrons. The lowest BCUT2D eigenvalue weighted by Gasteiger charge is -2.10. The Morgan fingerprint density at radius 1 is 1.28 bits per heavy atom. The molecular weight excluding hydrogens is 247 g/mol. The van der Waals surface area contributed by atoms with Crippen LogP contribution >= 0.6 is 0 Å². The maximum absolute atomic E-state index is 12.0. The van der Waals surface area contributed by atoms with Gasteiger partial charge in [-0.15, -0.1) is 13.2 Å². The highest BCUT2D eigenvalue weighted by molar-refractivity contribution is 5.28. The van der Waals surface area contributed by atoms with Gasteiger partial charge in [0.05, 0.1) is 0 Å². The molecule has 1 aromatic carbocycles. The van der Waals surface area contributed by atoms with Crippen molar-refractivity contribution >= 4 is 0 Å². The second-order valence-electron chi connectivity index (χ2n) is 3.72. The van der Waals surface area contributed by atoms with Crippen molar-refractivity contribution in [2.75, 3.05) is 20.3 Å². The van der Waals surface area contributed by atoms with Crippen molar-refractivity contribution in [1.82, 2.24) is 5.32 Å². The summed E-state index contributed by atoms with van der Waals surface area (Å²) in [5, 5.41) is 3.11. The summed E-state index contributed by atoms with van der Waals surface area (Å²) in [6, 6.07) is 5.93. The van der Waals surface area contributed by atoms with E-state index in [0.717, 1.165) is 18.5 Å². The maximum atomic E-state index is 12.0. The first-order valence-corrected chi connectivity index (χ1v) is 5.55. The van der Waals surface area contributed by atoms with Crippen LogP contribution in [0.5, 0.6) is 5.75 Å². The predicted octanol–water partition coefficient (Wildman–Crippen LogP) is 2.71. The van der Waals surface area contributed by atoms with Crippen molar-refractivity contribution in [3.63, 3.8) is 0 Å². The van der Waals surface area contributed by atoms with Gasteiger partial charge in [0.1, 0.15) is 5.75 Å². The van der Waals surface area contributed by atoms with Crippen LogP contribution in [0.1, 0.15) is 12.0 Å². The molecule has 6 heteroatoms. The fourth-order valence-electron chi connectivity index (χ4n) is 1.43. The number of benzene rings is 1. The number of alkyl halides is 3. The first-order valence-electron chi connectivity index (χ1n) is 5.55. The molecule has 0 bridgehead atoms. The second-order valence-corrected chi connectivity index (χ2v) is 3.72. The van der Waals surface area contributed by atoms with E-state index in [1.807, 2.05) is 0 Å². The molecule has 0 radical (unpaired) electrons. The molecule has 1 aromatic rings. The first kappa shape index (κ1) is 14.8. The molecule has 0 aromatic heterocycles. The van der Waals surface area contributed by atoms with Gasteiger partial charge in [-0.1, -0.05) is 12.1 Å². The van der Waals surface area contributed by atoms with E-state index in [1.165, 1.54) is 18.2 Å². The minimum Gasteiger partial charge on any atom is -0.406 e. The number of hydrogen-bond acceptors (Lipinski definition) is 3. The van der Waals surface area contributed by atoms with Crippen LogP contribution in [0, 0.1) is 0 Å². The summed E-state index contributed by atoms with van der Waals surface area (Å²) in [6.07, 6.45) is -3.79. The Hall–Kier alpha value is -1.27. The van der Waals surface area contributed by atoms with Crippen LogP contribution in [0.4, 0.5) is 13.2 Å². The van der Waals surface area contributed by atoms with E-state index in [9.17, 15) is 13.2 Å². The lowest BCUT2D eigenvalue weighted by Crippen LogP contribution is -2.18. The van der Waals surface area contributed by atoms with Gasteiger partial charge in [0, 0.05) is 20.3 Å². The van der Waals surface area contributed by atoms with E-state index in [4.69, 9.17) is 4.74 Å². The number of hydrogen-bond donors (Lipinski definition) is 1. The molecule has 0 spiro atoms. The van der Waals surface area contributed by atoms with Gasteiger partial charge in [0.15, 0.2) is 0 Å². The molecule has 3 nitrogen and oxygen atoms in total. The first-order chi connectivity index (χ1) is 8.51. The number of methoxy groups -OCH3 is 1. The molecule has 0 aliphatic carbocycles. The third-order valence-electron chi connectivity index (χ3n) is 2.16. The van der Waals surface area contributed by atoms with Gasteiger partial charge in [-0.25, -0.2) is 0 Å². The minimum atomic E-state index is -4.65. The van der Waals surface area contributed by atoms with Gasteiger partial charge in [-0.2, -0.15) is 0 Å². The second kappa shape index (κ2) is 7.23. The molecule has 0 unspecified atom stereocenters. The van der Waals surface area contributed by atoms with Gasteiger partial charge < -0.3 is 14.8 Å². The van der Waals surface area contributed by atoms with Gasteiger partial charge in [0.2, 0.25) is 0 Å². The summed E-state index contributed by atoms with van der Waals surface area (Å²) in [5.74, 6) is -0.196. The fourth-order valence-corrected chi connectivity index (χ4v) is 1.43. The van der Waals surface area contributed by atoms with Crippen LogP contribution in [0.3, 0.4) is 0 Å². The largest absolute Gasteiger partial charge is 0.573 e. The summed E-state index contributed by atoms with van der Waals surface area (Å²) < 4.78 is 44.8. The van der Waals surface area contributed by atoms with Crippen LogP contribution in [-0.2, 0) is 11.3 Å². The molecule has 0 saturated heterocycles. The molecule has 0 fully saturated rings. The molecule has 1 N–H and O–H groups in total. The Morgan fingerprint density at radius 2 is 2.06 bits per heavy atom. The molecule has 0 saturated carbocycles. The summed E-state index contributed by atoms with van der Waals surface area (Å²) in [6.45, 7) is 1.90. The normalized spacial score (nSPS) is 11.6. The van der Waals surface area contributed by atoms with Crippen LogP contribution in [-0.4, -0.2) is 26.6 Å². The smallest absolute Gasteiger partial charge is 0.406 e. The van der Waals surface area contributed by atoms with E-state index in [2.05, 4.69) is 10.1 Å². The number of rotatable bonds is 7. The van der Waals surface area contributed by atoms with Crippen molar-refractivity contribution in [2.45, 2.75) is 19.3 Å². The third-order valence-corrected chi connectivity index (χ3v) is 2.16. The monoisotopic (exact) mass is 263 g/mol. The van der Waals surface area contributed by atoms with Crippen molar-refractivity contribution in [3.8, 4) is 5.75 Å². The van der Waals surface area contributed by atoms with E-state index in [-0.39, 0.29) is 5.75 Å². The van der Waals surface area contributed by atoms with Crippen molar-refractivity contribution in [3.05, 3.63) is 29.8 Å². The highest BCUT2D eigenvalue weighted by Crippen LogP contribution is 2.23. The molecule has 0 heterocycles. The number of ether oxygens (including phenoxy) is 2. The Labute approximate surface area is 104 Å². The van der Waals surface area contributed by atoms with E-state index >= 15 is 0 Å². The zero-order valence-electron chi connectivity index (χ0n) is 10.1. The van der Waals surface area contributed by atoms with Crippen LogP contribution < -0.4 is 10.1 Å². The standard InChI is InChI=1S/C12H16F3NO2/c1-17-7-3-6-16-9-10-4-2-5-11(8-10)18-12(13,14)15/h2,4-5,8,16H,3,6-7,9H2,1H3. The zero-order valence-corrected chi connectivity index (χ0v) is 10.1. The average molecular weight is 263 g/mol. The lowest BCUT2D eigenvalue weighted by atomic mass is 10.2. The quantitative estimate of drug-likeness (QED) is 0.767. The molecule has 0 aliphatic rings. The average Bonchev–Trinajstić information content (AvgIpc) is 2.27. The van der Waals surface area contributed by atoms with Crippen molar-refractivity contribution < 1.29 is 22.6 Å². The number of nitrogens with one attached hydrogen (secondary N) is 1. The highest BCUT2D eigenvalue weighted by atomic mass is 19.4. The molecular formula is C12H16F3NO2. The minimum absolute atomic E-state index is 0.196. The SMILES string of the molecule is COCCCNCc1cccc(OC(F)(F)F)c1. The van der Waals surface area contributed by atoms with E-state index in [1.54, 1.807) is 13.2 Å². The fraction of sp³-hybridized carbons (Fsp3) is 0.500. The summed E-state index contributed by atoms with van der Waals surface area (Å²) >= 11 is 0. The number of halogens is 3. The summed E-state index contributed by atoms with van der Waals surface area (Å²) in [5.41, 5.74) is 0.745. The van der Waals surface area contributed by atoms with Crippen LogP contribution in [0.25, 0.3) is 0 Å². The Bertz CT molecular complexity index is 355. The molecule has 0 atom stereocenters. The highest BCUT2D eigenvalue weighted by Gasteiger charge is 2.31. The Balaban J connectivity index is 2.40. The zero-order chi connectivity index (χ0) is 13.4. The van der Waals surface area contributed by atoms with Gasteiger partial charge in [-0.05, 0) is 30.7 Å². The van der Waals surface area contributed by atoms with E-state index in [0.29, 0.717) is 13.2 Å². The topological polar surface area (TPSA) is 30.5 Å². The van der Waals surface area contributed by atoms with E-state index < -0.39 is 6.36 Å². The van der Waals surface area contributed by atoms with Gasteiger partial charge >= 0.3 is 6.36 Å². The van der Waals surface area contributed by atoms with Crippen LogP contribution in [0.15, 0.2) is 24.3 Å². The van der Waals surface area contributed by atoms with Gasteiger partial charge in [-0.3, -0.25) is 0 Å². The third kappa shape index (κ3) is 6.46. The molecule has 0 amide bonds. The lowest BCUT2D eigenvalue weighted by molar-refractivity contribution is -0.274. The molecule has 18 heavy (non-hydrogen) atoms.